The van der Waals surface area contributed by atoms with E-state index in [1.807, 2.05) is 0 Å². The molecule has 0 bridgehead atoms. The predicted octanol–water partition coefficient (Wildman–Crippen LogP) is 3.33. The number of alkyl halides is 3. The molecule has 0 aliphatic carbocycles. The molecule has 9 heteroatoms. The van der Waals surface area contributed by atoms with E-state index in [9.17, 15) is 22.8 Å². The van der Waals surface area contributed by atoms with Gasteiger partial charge in [0.15, 0.2) is 0 Å². The summed E-state index contributed by atoms with van der Waals surface area (Å²) in [7, 11) is 3.02. The summed E-state index contributed by atoms with van der Waals surface area (Å²) < 4.78 is 49.8. The number of ether oxygens (including phenoxy) is 2. The third-order valence-corrected chi connectivity index (χ3v) is 5.53. The van der Waals surface area contributed by atoms with Gasteiger partial charge in [-0.2, -0.15) is 13.2 Å². The van der Waals surface area contributed by atoms with Gasteiger partial charge in [-0.05, 0) is 35.9 Å². The molecule has 2 atom stereocenters. The van der Waals surface area contributed by atoms with Crippen molar-refractivity contribution in [2.45, 2.75) is 12.1 Å². The Morgan fingerprint density at radius 2 is 1.81 bits per heavy atom. The maximum atomic E-state index is 13.2. The average molecular weight is 450 g/mol. The standard InChI is InChI=1S/C23H25F3N2O4/c1-31-11-10-27-21(29)20-14-28(22(30)15-6-8-18(32-2)9-7-15)13-19(20)16-4-3-5-17(12-16)23(24,25)26/h3-9,12,19-20H,10-11,13-14H2,1-2H3,(H,27,29)/t19-,20+/m1/s1. The molecule has 1 saturated heterocycles. The minimum atomic E-state index is -4.50. The van der Waals surface area contributed by atoms with Crippen molar-refractivity contribution >= 4 is 11.8 Å². The first-order chi connectivity index (χ1) is 15.2. The van der Waals surface area contributed by atoms with Crippen molar-refractivity contribution in [3.63, 3.8) is 0 Å². The summed E-state index contributed by atoms with van der Waals surface area (Å²) in [5.41, 5.74) is -0.000692. The van der Waals surface area contributed by atoms with Crippen LogP contribution in [0.2, 0.25) is 0 Å². The monoisotopic (exact) mass is 450 g/mol. The molecule has 2 amide bonds. The summed E-state index contributed by atoms with van der Waals surface area (Å²) in [4.78, 5) is 27.4. The molecule has 0 saturated carbocycles. The zero-order chi connectivity index (χ0) is 23.3. The van der Waals surface area contributed by atoms with Gasteiger partial charge < -0.3 is 19.7 Å². The normalized spacial score (nSPS) is 18.5. The molecule has 1 N–H and O–H groups in total. The summed E-state index contributed by atoms with van der Waals surface area (Å²) in [5.74, 6) is -1.27. The molecule has 3 rings (SSSR count). The topological polar surface area (TPSA) is 67.9 Å². The summed E-state index contributed by atoms with van der Waals surface area (Å²) in [6, 6.07) is 11.5. The van der Waals surface area contributed by atoms with Crippen molar-refractivity contribution in [2.24, 2.45) is 5.92 Å². The van der Waals surface area contributed by atoms with Crippen molar-refractivity contribution in [3.05, 3.63) is 65.2 Å². The number of halogens is 3. The first-order valence-corrected chi connectivity index (χ1v) is 10.1. The van der Waals surface area contributed by atoms with Crippen molar-refractivity contribution in [2.75, 3.05) is 40.5 Å². The van der Waals surface area contributed by atoms with E-state index in [-0.39, 0.29) is 31.4 Å². The second-order valence-electron chi connectivity index (χ2n) is 7.56. The number of benzene rings is 2. The van der Waals surface area contributed by atoms with Crippen LogP contribution in [0.4, 0.5) is 13.2 Å². The molecular weight excluding hydrogens is 425 g/mol. The van der Waals surface area contributed by atoms with Crippen LogP contribution in [0.1, 0.15) is 27.4 Å². The molecule has 0 spiro atoms. The lowest BCUT2D eigenvalue weighted by atomic mass is 9.87. The maximum Gasteiger partial charge on any atom is 0.416 e. The number of amides is 2. The number of hydrogen-bond donors (Lipinski definition) is 1. The molecular formula is C23H25F3N2O4. The minimum Gasteiger partial charge on any atom is -0.497 e. The van der Waals surface area contributed by atoms with E-state index in [0.717, 1.165) is 12.1 Å². The molecule has 1 heterocycles. The van der Waals surface area contributed by atoms with Crippen molar-refractivity contribution in [1.29, 1.82) is 0 Å². The van der Waals surface area contributed by atoms with Crippen LogP contribution in [-0.2, 0) is 15.7 Å². The molecule has 1 aliphatic rings. The fourth-order valence-corrected chi connectivity index (χ4v) is 3.84. The van der Waals surface area contributed by atoms with E-state index in [2.05, 4.69) is 5.32 Å². The van der Waals surface area contributed by atoms with Gasteiger partial charge in [0.1, 0.15) is 5.75 Å². The van der Waals surface area contributed by atoms with Gasteiger partial charge in [-0.15, -0.1) is 0 Å². The van der Waals surface area contributed by atoms with Gasteiger partial charge in [-0.1, -0.05) is 18.2 Å². The Bertz CT molecular complexity index is 947. The van der Waals surface area contributed by atoms with Crippen LogP contribution in [0.3, 0.4) is 0 Å². The van der Waals surface area contributed by atoms with Gasteiger partial charge in [-0.3, -0.25) is 9.59 Å². The Balaban J connectivity index is 1.87. The van der Waals surface area contributed by atoms with Crippen LogP contribution in [0.25, 0.3) is 0 Å². The third-order valence-electron chi connectivity index (χ3n) is 5.53. The van der Waals surface area contributed by atoms with Crippen LogP contribution in [0.5, 0.6) is 5.75 Å². The van der Waals surface area contributed by atoms with E-state index in [0.29, 0.717) is 23.5 Å². The lowest BCUT2D eigenvalue weighted by molar-refractivity contribution is -0.137. The van der Waals surface area contributed by atoms with Crippen LogP contribution in [0.15, 0.2) is 48.5 Å². The fourth-order valence-electron chi connectivity index (χ4n) is 3.84. The van der Waals surface area contributed by atoms with Gasteiger partial charge in [0.2, 0.25) is 5.91 Å². The molecule has 1 fully saturated rings. The number of hydrogen-bond acceptors (Lipinski definition) is 4. The van der Waals surface area contributed by atoms with E-state index >= 15 is 0 Å². The SMILES string of the molecule is COCCNC(=O)[C@H]1CN(C(=O)c2ccc(OC)cc2)C[C@@H]1c1cccc(C(F)(F)F)c1. The largest absolute Gasteiger partial charge is 0.497 e. The van der Waals surface area contributed by atoms with Gasteiger partial charge in [0, 0.05) is 38.2 Å². The number of carbonyl (C=O) groups is 2. The number of methoxy groups -OCH3 is 2. The Morgan fingerprint density at radius 1 is 1.09 bits per heavy atom. The van der Waals surface area contributed by atoms with Crippen molar-refractivity contribution in [1.82, 2.24) is 10.2 Å². The number of nitrogens with one attached hydrogen (secondary N) is 1. The Morgan fingerprint density at radius 3 is 2.44 bits per heavy atom. The molecule has 0 unspecified atom stereocenters. The third kappa shape index (κ3) is 5.40. The number of likely N-dealkylation sites (tertiary alicyclic amines) is 1. The number of carbonyl (C=O) groups excluding carboxylic acids is 2. The highest BCUT2D eigenvalue weighted by atomic mass is 19.4. The predicted molar refractivity (Wildman–Crippen MR) is 111 cm³/mol. The Hall–Kier alpha value is -3.07. The highest BCUT2D eigenvalue weighted by molar-refractivity contribution is 5.95. The zero-order valence-electron chi connectivity index (χ0n) is 17.8. The summed E-state index contributed by atoms with van der Waals surface area (Å²) in [6.07, 6.45) is -4.50. The second kappa shape index (κ2) is 10.0. The quantitative estimate of drug-likeness (QED) is 0.658. The molecule has 0 aromatic heterocycles. The van der Waals surface area contributed by atoms with E-state index in [1.54, 1.807) is 30.3 Å². The minimum absolute atomic E-state index is 0.102. The highest BCUT2D eigenvalue weighted by Gasteiger charge is 2.41. The molecule has 2 aromatic carbocycles. The lowest BCUT2D eigenvalue weighted by Crippen LogP contribution is -2.37. The number of rotatable bonds is 7. The number of nitrogens with zero attached hydrogens (tertiary/aromatic N) is 1. The smallest absolute Gasteiger partial charge is 0.416 e. The van der Waals surface area contributed by atoms with Gasteiger partial charge >= 0.3 is 6.18 Å². The Labute approximate surface area is 184 Å². The molecule has 32 heavy (non-hydrogen) atoms. The molecule has 2 aromatic rings. The van der Waals surface area contributed by atoms with E-state index in [4.69, 9.17) is 9.47 Å². The summed E-state index contributed by atoms with van der Waals surface area (Å²) >= 11 is 0. The first kappa shape index (κ1) is 23.6. The van der Waals surface area contributed by atoms with Gasteiger partial charge in [0.05, 0.1) is 25.2 Å². The van der Waals surface area contributed by atoms with E-state index < -0.39 is 23.6 Å². The second-order valence-corrected chi connectivity index (χ2v) is 7.56. The summed E-state index contributed by atoms with van der Waals surface area (Å²) in [5, 5.41) is 2.74. The lowest BCUT2D eigenvalue weighted by Gasteiger charge is -2.19. The average Bonchev–Trinajstić information content (AvgIpc) is 3.24. The van der Waals surface area contributed by atoms with Crippen LogP contribution in [-0.4, -0.2) is 57.2 Å². The van der Waals surface area contributed by atoms with Crippen molar-refractivity contribution < 1.29 is 32.2 Å². The van der Waals surface area contributed by atoms with Crippen molar-refractivity contribution in [3.8, 4) is 5.75 Å². The fraction of sp³-hybridized carbons (Fsp3) is 0.391. The van der Waals surface area contributed by atoms with Gasteiger partial charge in [-0.25, -0.2) is 0 Å². The molecule has 6 nitrogen and oxygen atoms in total. The van der Waals surface area contributed by atoms with Crippen LogP contribution >= 0.6 is 0 Å². The maximum absolute atomic E-state index is 13.2. The first-order valence-electron chi connectivity index (χ1n) is 10.1. The Kier molecular flexibility index (Phi) is 7.40. The highest BCUT2D eigenvalue weighted by Crippen LogP contribution is 2.37. The van der Waals surface area contributed by atoms with Gasteiger partial charge in [0.25, 0.3) is 5.91 Å². The van der Waals surface area contributed by atoms with E-state index in [1.165, 1.54) is 25.2 Å². The molecule has 172 valence electrons. The molecule has 1 aliphatic heterocycles. The molecule has 0 radical (unpaired) electrons. The van der Waals surface area contributed by atoms with Crippen LogP contribution in [0, 0.1) is 5.92 Å². The summed E-state index contributed by atoms with van der Waals surface area (Å²) in [6.45, 7) is 0.813. The zero-order valence-corrected chi connectivity index (χ0v) is 17.8. The van der Waals surface area contributed by atoms with Crippen LogP contribution < -0.4 is 10.1 Å².